The standard InChI is InChI=1S/C26H32BNO7/c1-4-6-16(12-17-7-5-8-18(29)13-17)9-10-21-22-15(2)11-19-23(20(22)14-27(33)35-21)25(31)28(24(19)30)26(32)34-3/h5,7-8,12-13,19-21,23,29,33H,4,6,9-11,14H2,1-3H3/b16-12+/t19-,20+,21-,23-/m1/s1. The van der Waals surface area contributed by atoms with Crippen molar-refractivity contribution in [3.05, 3.63) is 46.5 Å². The number of amides is 3. The molecule has 2 fully saturated rings. The topological polar surface area (TPSA) is 113 Å². The Labute approximate surface area is 205 Å². The van der Waals surface area contributed by atoms with Gasteiger partial charge < -0.3 is 19.5 Å². The first-order valence-corrected chi connectivity index (χ1v) is 12.2. The van der Waals surface area contributed by atoms with E-state index < -0.39 is 36.9 Å². The maximum atomic E-state index is 13.1. The Balaban J connectivity index is 1.58. The SMILES string of the molecule is CCC/C(=C\c1cccc(O)c1)CC[C@H]1OB(O)C[C@H]2C1=C(C)C[C@H]1C(=O)N(C(=O)OC)C(=O)[C@H]12. The number of nitrogens with zero attached hydrogens (tertiary/aromatic N) is 1. The molecule has 9 heteroatoms. The molecule has 0 aromatic heterocycles. The van der Waals surface area contributed by atoms with E-state index in [0.29, 0.717) is 17.7 Å². The number of carbonyl (C=O) groups is 3. The molecule has 0 saturated carbocycles. The van der Waals surface area contributed by atoms with Crippen molar-refractivity contribution in [2.45, 2.75) is 58.4 Å². The van der Waals surface area contributed by atoms with Gasteiger partial charge in [0.25, 0.3) is 0 Å². The summed E-state index contributed by atoms with van der Waals surface area (Å²) in [6, 6.07) is 7.10. The quantitative estimate of drug-likeness (QED) is 0.360. The van der Waals surface area contributed by atoms with Crippen molar-refractivity contribution in [3.63, 3.8) is 0 Å². The molecular weight excluding hydrogens is 449 g/mol. The van der Waals surface area contributed by atoms with Crippen molar-refractivity contribution in [3.8, 4) is 5.75 Å². The van der Waals surface area contributed by atoms with Crippen molar-refractivity contribution in [2.24, 2.45) is 17.8 Å². The maximum absolute atomic E-state index is 13.1. The minimum Gasteiger partial charge on any atom is -0.508 e. The van der Waals surface area contributed by atoms with Crippen molar-refractivity contribution in [2.75, 3.05) is 7.11 Å². The zero-order valence-corrected chi connectivity index (χ0v) is 20.4. The second-order valence-electron chi connectivity index (χ2n) is 9.66. The summed E-state index contributed by atoms with van der Waals surface area (Å²) in [5.41, 5.74) is 4.08. The average Bonchev–Trinajstić information content (AvgIpc) is 3.06. The second-order valence-corrected chi connectivity index (χ2v) is 9.66. The molecule has 0 unspecified atom stereocenters. The molecular formula is C26H32BNO7. The van der Waals surface area contributed by atoms with Crippen LogP contribution >= 0.6 is 0 Å². The normalized spacial score (nSPS) is 26.7. The van der Waals surface area contributed by atoms with Gasteiger partial charge in [0.1, 0.15) is 5.75 Å². The summed E-state index contributed by atoms with van der Waals surface area (Å²) in [5.74, 6) is -2.54. The van der Waals surface area contributed by atoms with Gasteiger partial charge in [0.15, 0.2) is 0 Å². The molecule has 2 N–H and O–H groups in total. The van der Waals surface area contributed by atoms with Crippen molar-refractivity contribution >= 4 is 31.1 Å². The number of allylic oxidation sites excluding steroid dienone is 2. The molecule has 1 aromatic rings. The molecule has 186 valence electrons. The third-order valence-corrected chi connectivity index (χ3v) is 7.35. The van der Waals surface area contributed by atoms with E-state index in [9.17, 15) is 24.5 Å². The molecule has 35 heavy (non-hydrogen) atoms. The Kier molecular flexibility index (Phi) is 7.47. The molecule has 8 nitrogen and oxygen atoms in total. The van der Waals surface area contributed by atoms with Gasteiger partial charge >= 0.3 is 13.2 Å². The Bertz CT molecular complexity index is 1080. The fraction of sp³-hybridized carbons (Fsp3) is 0.500. The van der Waals surface area contributed by atoms with Crippen LogP contribution in [0.3, 0.4) is 0 Å². The lowest BCUT2D eigenvalue weighted by Gasteiger charge is -2.42. The molecule has 3 amide bonds. The van der Waals surface area contributed by atoms with E-state index in [1.165, 1.54) is 5.57 Å². The molecule has 4 rings (SSSR count). The van der Waals surface area contributed by atoms with Crippen LogP contribution in [0.25, 0.3) is 6.08 Å². The first-order chi connectivity index (χ1) is 16.7. The zero-order valence-electron chi connectivity index (χ0n) is 20.4. The van der Waals surface area contributed by atoms with E-state index in [2.05, 4.69) is 17.7 Å². The van der Waals surface area contributed by atoms with Gasteiger partial charge in [0, 0.05) is 0 Å². The number of likely N-dealkylation sites (tertiary alicyclic amines) is 1. The highest BCUT2D eigenvalue weighted by atomic mass is 16.5. The Hall–Kier alpha value is -2.91. The monoisotopic (exact) mass is 481 g/mol. The molecule has 1 aromatic carbocycles. The van der Waals surface area contributed by atoms with Crippen LogP contribution in [-0.2, 0) is 19.0 Å². The lowest BCUT2D eigenvalue weighted by molar-refractivity contribution is -0.137. The molecule has 1 aliphatic carbocycles. The number of methoxy groups -OCH3 is 1. The van der Waals surface area contributed by atoms with Crippen LogP contribution in [0.2, 0.25) is 6.32 Å². The van der Waals surface area contributed by atoms with Gasteiger partial charge in [-0.05, 0) is 68.1 Å². The van der Waals surface area contributed by atoms with E-state index in [1.54, 1.807) is 18.2 Å². The van der Waals surface area contributed by atoms with Gasteiger partial charge in [-0.1, -0.05) is 42.7 Å². The predicted octanol–water partition coefficient (Wildman–Crippen LogP) is 3.94. The van der Waals surface area contributed by atoms with Gasteiger partial charge in [-0.15, -0.1) is 0 Å². The number of hydrogen-bond acceptors (Lipinski definition) is 7. The summed E-state index contributed by atoms with van der Waals surface area (Å²) in [6.45, 7) is 4.05. The fourth-order valence-electron chi connectivity index (χ4n) is 5.95. The number of hydrogen-bond donors (Lipinski definition) is 2. The van der Waals surface area contributed by atoms with Crippen LogP contribution in [0.5, 0.6) is 5.75 Å². The summed E-state index contributed by atoms with van der Waals surface area (Å²) < 4.78 is 10.6. The Morgan fingerprint density at radius 2 is 2.03 bits per heavy atom. The number of phenolic OH excluding ortho intramolecular Hbond substituents is 1. The van der Waals surface area contributed by atoms with Gasteiger partial charge in [-0.25, -0.2) is 4.79 Å². The summed E-state index contributed by atoms with van der Waals surface area (Å²) in [5, 5.41) is 20.3. The number of carbonyl (C=O) groups excluding carboxylic acids is 3. The van der Waals surface area contributed by atoms with Crippen molar-refractivity contribution in [1.82, 2.24) is 4.90 Å². The highest BCUT2D eigenvalue weighted by Crippen LogP contribution is 2.50. The number of ether oxygens (including phenoxy) is 1. The van der Waals surface area contributed by atoms with Crippen molar-refractivity contribution < 1.29 is 33.9 Å². The highest BCUT2D eigenvalue weighted by molar-refractivity contribution is 6.43. The molecule has 0 bridgehead atoms. The highest BCUT2D eigenvalue weighted by Gasteiger charge is 2.58. The van der Waals surface area contributed by atoms with E-state index in [0.717, 1.165) is 43.1 Å². The fourth-order valence-corrected chi connectivity index (χ4v) is 5.95. The molecule has 0 spiro atoms. The lowest BCUT2D eigenvalue weighted by Crippen LogP contribution is -2.46. The average molecular weight is 481 g/mol. The molecule has 4 atom stereocenters. The van der Waals surface area contributed by atoms with Gasteiger partial charge in [0.2, 0.25) is 11.8 Å². The van der Waals surface area contributed by atoms with Gasteiger partial charge in [-0.3, -0.25) is 9.59 Å². The van der Waals surface area contributed by atoms with E-state index >= 15 is 0 Å². The number of fused-ring (bicyclic) bond motifs is 3. The van der Waals surface area contributed by atoms with Crippen molar-refractivity contribution in [1.29, 1.82) is 0 Å². The first-order valence-electron chi connectivity index (χ1n) is 12.2. The molecule has 0 radical (unpaired) electrons. The largest absolute Gasteiger partial charge is 0.508 e. The number of imide groups is 3. The van der Waals surface area contributed by atoms with Crippen LogP contribution < -0.4 is 0 Å². The minimum absolute atomic E-state index is 0.208. The van der Waals surface area contributed by atoms with Crippen LogP contribution in [0.15, 0.2) is 41.0 Å². The molecule has 3 aliphatic rings. The number of aromatic hydroxyl groups is 1. The number of rotatable bonds is 6. The van der Waals surface area contributed by atoms with Crippen LogP contribution in [0.4, 0.5) is 4.79 Å². The third-order valence-electron chi connectivity index (χ3n) is 7.35. The second kappa shape index (κ2) is 10.4. The molecule has 2 aliphatic heterocycles. The van der Waals surface area contributed by atoms with Gasteiger partial charge in [-0.2, -0.15) is 4.90 Å². The number of phenols is 1. The van der Waals surface area contributed by atoms with Crippen LogP contribution in [0.1, 0.15) is 51.5 Å². The zero-order chi connectivity index (χ0) is 25.3. The predicted molar refractivity (Wildman–Crippen MR) is 130 cm³/mol. The lowest BCUT2D eigenvalue weighted by atomic mass is 9.58. The van der Waals surface area contributed by atoms with E-state index in [-0.39, 0.29) is 24.1 Å². The van der Waals surface area contributed by atoms with Crippen LogP contribution in [-0.4, -0.2) is 53.3 Å². The smallest absolute Gasteiger partial charge is 0.455 e. The van der Waals surface area contributed by atoms with Gasteiger partial charge in [0.05, 0.1) is 25.0 Å². The third kappa shape index (κ3) is 4.93. The summed E-state index contributed by atoms with van der Waals surface area (Å²) in [6.07, 6.45) is 4.51. The van der Waals surface area contributed by atoms with Crippen LogP contribution in [0, 0.1) is 17.8 Å². The molecule has 2 heterocycles. The number of benzene rings is 1. The summed E-state index contributed by atoms with van der Waals surface area (Å²) in [4.78, 5) is 38.8. The first kappa shape index (κ1) is 25.2. The maximum Gasteiger partial charge on any atom is 0.455 e. The Morgan fingerprint density at radius 1 is 1.26 bits per heavy atom. The summed E-state index contributed by atoms with van der Waals surface area (Å²) in [7, 11) is 0.0896. The minimum atomic E-state index is -1.06. The summed E-state index contributed by atoms with van der Waals surface area (Å²) >= 11 is 0. The van der Waals surface area contributed by atoms with E-state index in [4.69, 9.17) is 4.65 Å². The molecule has 2 saturated heterocycles. The van der Waals surface area contributed by atoms with E-state index in [1.807, 2.05) is 13.0 Å². The Morgan fingerprint density at radius 3 is 2.71 bits per heavy atom.